The molecule has 19 heavy (non-hydrogen) atoms. The lowest BCUT2D eigenvalue weighted by molar-refractivity contribution is -0.157. The lowest BCUT2D eigenvalue weighted by Gasteiger charge is -2.45. The van der Waals surface area contributed by atoms with Gasteiger partial charge >= 0.3 is 0 Å². The normalized spacial score (nSPS) is 30.8. The molecule has 0 aromatic rings. The molecule has 2 unspecified atom stereocenters. The molecule has 7 nitrogen and oxygen atoms in total. The van der Waals surface area contributed by atoms with E-state index in [4.69, 9.17) is 15.7 Å². The van der Waals surface area contributed by atoms with Crippen molar-refractivity contribution >= 4 is 11.7 Å². The van der Waals surface area contributed by atoms with Gasteiger partial charge in [0.1, 0.15) is 5.41 Å². The SMILES string of the molecule is CC1CN(C(=O)C2(C(N)=NO)CCC2)CC(CO)O1. The summed E-state index contributed by atoms with van der Waals surface area (Å²) in [7, 11) is 0. The summed E-state index contributed by atoms with van der Waals surface area (Å²) in [6.07, 6.45) is 1.62. The Bertz CT molecular complexity index is 381. The summed E-state index contributed by atoms with van der Waals surface area (Å²) in [6, 6.07) is 0. The van der Waals surface area contributed by atoms with Crippen molar-refractivity contribution in [3.63, 3.8) is 0 Å². The zero-order chi connectivity index (χ0) is 14.0. The number of amidine groups is 1. The molecule has 0 aromatic carbocycles. The Labute approximate surface area is 112 Å². The van der Waals surface area contributed by atoms with E-state index in [1.54, 1.807) is 4.90 Å². The Morgan fingerprint density at radius 3 is 2.68 bits per heavy atom. The van der Waals surface area contributed by atoms with Crippen LogP contribution in [0.4, 0.5) is 0 Å². The Balaban J connectivity index is 2.14. The lowest BCUT2D eigenvalue weighted by Crippen LogP contribution is -2.60. The zero-order valence-corrected chi connectivity index (χ0v) is 11.1. The number of carbonyl (C=O) groups excluding carboxylic acids is 1. The van der Waals surface area contributed by atoms with Crippen molar-refractivity contribution in [1.82, 2.24) is 4.90 Å². The minimum Gasteiger partial charge on any atom is -0.409 e. The average Bonchev–Trinajstić information content (AvgIpc) is 2.36. The first-order chi connectivity index (χ1) is 9.03. The second-order valence-electron chi connectivity index (χ2n) is 5.38. The second-order valence-corrected chi connectivity index (χ2v) is 5.38. The van der Waals surface area contributed by atoms with E-state index in [-0.39, 0.29) is 30.6 Å². The van der Waals surface area contributed by atoms with Crippen LogP contribution in [-0.2, 0) is 9.53 Å². The summed E-state index contributed by atoms with van der Waals surface area (Å²) >= 11 is 0. The van der Waals surface area contributed by atoms with Crippen molar-refractivity contribution in [1.29, 1.82) is 0 Å². The van der Waals surface area contributed by atoms with Crippen LogP contribution in [0.2, 0.25) is 0 Å². The molecular weight excluding hydrogens is 250 g/mol. The predicted octanol–water partition coefficient (Wildman–Crippen LogP) is -0.489. The molecule has 7 heteroatoms. The van der Waals surface area contributed by atoms with E-state index in [0.29, 0.717) is 25.9 Å². The van der Waals surface area contributed by atoms with Crippen LogP contribution in [0.5, 0.6) is 0 Å². The number of nitrogens with two attached hydrogens (primary N) is 1. The van der Waals surface area contributed by atoms with Crippen LogP contribution in [-0.4, -0.2) is 58.9 Å². The van der Waals surface area contributed by atoms with Gasteiger partial charge in [0.25, 0.3) is 0 Å². The van der Waals surface area contributed by atoms with E-state index in [9.17, 15) is 9.90 Å². The predicted molar refractivity (Wildman–Crippen MR) is 67.7 cm³/mol. The molecule has 1 saturated heterocycles. The standard InChI is InChI=1S/C12H21N3O4/c1-8-5-15(6-9(7-16)19-8)11(17)12(3-2-4-12)10(13)14-18/h8-9,16,18H,2-7H2,1H3,(H2,13,14). The van der Waals surface area contributed by atoms with Crippen molar-refractivity contribution in [2.45, 2.75) is 38.4 Å². The van der Waals surface area contributed by atoms with Crippen molar-refractivity contribution in [3.05, 3.63) is 0 Å². The van der Waals surface area contributed by atoms with Crippen molar-refractivity contribution in [2.75, 3.05) is 19.7 Å². The van der Waals surface area contributed by atoms with Gasteiger partial charge in [0.05, 0.1) is 18.8 Å². The smallest absolute Gasteiger partial charge is 0.236 e. The molecule has 0 aromatic heterocycles. The molecule has 2 rings (SSSR count). The molecule has 2 aliphatic rings. The number of amides is 1. The summed E-state index contributed by atoms with van der Waals surface area (Å²) in [6.45, 7) is 2.56. The number of nitrogens with zero attached hydrogens (tertiary/aromatic N) is 2. The van der Waals surface area contributed by atoms with E-state index in [1.165, 1.54) is 0 Å². The van der Waals surface area contributed by atoms with Gasteiger partial charge in [0.2, 0.25) is 5.91 Å². The first-order valence-electron chi connectivity index (χ1n) is 6.57. The van der Waals surface area contributed by atoms with E-state index < -0.39 is 5.41 Å². The Kier molecular flexibility index (Phi) is 3.96. The first-order valence-corrected chi connectivity index (χ1v) is 6.57. The number of morpholine rings is 1. The fraction of sp³-hybridized carbons (Fsp3) is 0.833. The fourth-order valence-electron chi connectivity index (χ4n) is 2.82. The molecule has 1 aliphatic carbocycles. The zero-order valence-electron chi connectivity index (χ0n) is 11.1. The molecule has 1 saturated carbocycles. The third-order valence-corrected chi connectivity index (χ3v) is 4.03. The Hall–Kier alpha value is -1.34. The molecule has 108 valence electrons. The van der Waals surface area contributed by atoms with E-state index >= 15 is 0 Å². The highest BCUT2D eigenvalue weighted by Gasteiger charge is 2.51. The summed E-state index contributed by atoms with van der Waals surface area (Å²) in [5.74, 6) is -0.133. The molecule has 0 spiro atoms. The molecule has 2 fully saturated rings. The fourth-order valence-corrected chi connectivity index (χ4v) is 2.82. The summed E-state index contributed by atoms with van der Waals surface area (Å²) in [5, 5.41) is 21.1. The van der Waals surface area contributed by atoms with Crippen LogP contribution in [0.15, 0.2) is 5.16 Å². The number of rotatable bonds is 3. The van der Waals surface area contributed by atoms with Crippen LogP contribution < -0.4 is 5.73 Å². The monoisotopic (exact) mass is 271 g/mol. The van der Waals surface area contributed by atoms with E-state index in [1.807, 2.05) is 6.92 Å². The van der Waals surface area contributed by atoms with Gasteiger partial charge in [-0.05, 0) is 19.8 Å². The molecule has 1 heterocycles. The number of oxime groups is 1. The first kappa shape index (κ1) is 14.1. The van der Waals surface area contributed by atoms with Gasteiger partial charge in [-0.25, -0.2) is 0 Å². The van der Waals surface area contributed by atoms with Gasteiger partial charge in [-0.2, -0.15) is 0 Å². The van der Waals surface area contributed by atoms with E-state index in [0.717, 1.165) is 6.42 Å². The highest BCUT2D eigenvalue weighted by molar-refractivity contribution is 6.07. The largest absolute Gasteiger partial charge is 0.409 e. The number of carbonyl (C=O) groups is 1. The number of hydrogen-bond donors (Lipinski definition) is 3. The van der Waals surface area contributed by atoms with Gasteiger partial charge in [-0.3, -0.25) is 4.79 Å². The Morgan fingerprint density at radius 2 is 2.21 bits per heavy atom. The average molecular weight is 271 g/mol. The molecule has 1 aliphatic heterocycles. The minimum atomic E-state index is -0.855. The van der Waals surface area contributed by atoms with E-state index in [2.05, 4.69) is 5.16 Å². The molecule has 1 amide bonds. The van der Waals surface area contributed by atoms with Crippen LogP contribution in [0.3, 0.4) is 0 Å². The summed E-state index contributed by atoms with van der Waals surface area (Å²) < 4.78 is 5.51. The van der Waals surface area contributed by atoms with Crippen LogP contribution >= 0.6 is 0 Å². The van der Waals surface area contributed by atoms with Crippen molar-refractivity contribution in [2.24, 2.45) is 16.3 Å². The highest BCUT2D eigenvalue weighted by Crippen LogP contribution is 2.43. The quantitative estimate of drug-likeness (QED) is 0.278. The summed E-state index contributed by atoms with van der Waals surface area (Å²) in [4.78, 5) is 14.3. The topological polar surface area (TPSA) is 108 Å². The number of hydrogen-bond acceptors (Lipinski definition) is 5. The highest BCUT2D eigenvalue weighted by atomic mass is 16.5. The number of ether oxygens (including phenoxy) is 1. The van der Waals surface area contributed by atoms with Crippen LogP contribution in [0, 0.1) is 5.41 Å². The van der Waals surface area contributed by atoms with Crippen molar-refractivity contribution in [3.8, 4) is 0 Å². The van der Waals surface area contributed by atoms with Crippen LogP contribution in [0.25, 0.3) is 0 Å². The van der Waals surface area contributed by atoms with Gasteiger partial charge in [0.15, 0.2) is 5.84 Å². The minimum absolute atomic E-state index is 0.0107. The Morgan fingerprint density at radius 1 is 1.53 bits per heavy atom. The molecule has 4 N–H and O–H groups in total. The van der Waals surface area contributed by atoms with Gasteiger partial charge in [-0.1, -0.05) is 11.6 Å². The van der Waals surface area contributed by atoms with Crippen LogP contribution in [0.1, 0.15) is 26.2 Å². The molecule has 0 bridgehead atoms. The van der Waals surface area contributed by atoms with Crippen molar-refractivity contribution < 1.29 is 19.8 Å². The third-order valence-electron chi connectivity index (χ3n) is 4.03. The summed E-state index contributed by atoms with van der Waals surface area (Å²) in [5.41, 5.74) is 4.84. The maximum atomic E-state index is 12.6. The number of aliphatic hydroxyl groups is 1. The molecule has 2 atom stereocenters. The maximum absolute atomic E-state index is 12.6. The lowest BCUT2D eigenvalue weighted by atomic mass is 9.66. The van der Waals surface area contributed by atoms with Gasteiger partial charge in [0, 0.05) is 13.1 Å². The molecular formula is C12H21N3O4. The maximum Gasteiger partial charge on any atom is 0.236 e. The van der Waals surface area contributed by atoms with Gasteiger partial charge < -0.3 is 25.7 Å². The molecule has 0 radical (unpaired) electrons. The third kappa shape index (κ3) is 2.40. The second kappa shape index (κ2) is 5.34. The van der Waals surface area contributed by atoms with Gasteiger partial charge in [-0.15, -0.1) is 0 Å². The number of aliphatic hydroxyl groups excluding tert-OH is 1.